The lowest BCUT2D eigenvalue weighted by molar-refractivity contribution is -0.0483. The van der Waals surface area contributed by atoms with Crippen molar-refractivity contribution in [1.82, 2.24) is 15.1 Å². The molecule has 0 aromatic carbocycles. The zero-order valence-corrected chi connectivity index (χ0v) is 12.2. The van der Waals surface area contributed by atoms with Crippen molar-refractivity contribution in [3.8, 4) is 0 Å². The summed E-state index contributed by atoms with van der Waals surface area (Å²) in [6.07, 6.45) is 0.405. The molecule has 0 aromatic rings. The predicted molar refractivity (Wildman–Crippen MR) is 74.9 cm³/mol. The van der Waals surface area contributed by atoms with Crippen molar-refractivity contribution < 1.29 is 4.74 Å². The smallest absolute Gasteiger partial charge is 0.0829 e. The van der Waals surface area contributed by atoms with Gasteiger partial charge in [-0.25, -0.2) is 0 Å². The maximum Gasteiger partial charge on any atom is 0.0829 e. The Balaban J connectivity index is 1.74. The number of hydrogen-bond acceptors (Lipinski definition) is 4. The highest BCUT2D eigenvalue weighted by molar-refractivity contribution is 4.80. The lowest BCUT2D eigenvalue weighted by Crippen LogP contribution is -2.54. The Bertz CT molecular complexity index is 247. The lowest BCUT2D eigenvalue weighted by atomic mass is 10.1. The first-order chi connectivity index (χ1) is 8.63. The van der Waals surface area contributed by atoms with E-state index >= 15 is 0 Å². The van der Waals surface area contributed by atoms with E-state index in [0.717, 1.165) is 51.8 Å². The van der Waals surface area contributed by atoms with Crippen LogP contribution in [-0.4, -0.2) is 74.4 Å². The summed E-state index contributed by atoms with van der Waals surface area (Å²) in [5, 5.41) is 3.49. The molecule has 2 fully saturated rings. The van der Waals surface area contributed by atoms with Gasteiger partial charge in [0.1, 0.15) is 0 Å². The fourth-order valence-electron chi connectivity index (χ4n) is 3.04. The molecule has 18 heavy (non-hydrogen) atoms. The number of nitrogens with zero attached hydrogens (tertiary/aromatic N) is 2. The molecule has 4 heteroatoms. The molecular weight excluding hydrogens is 226 g/mol. The average molecular weight is 255 g/mol. The van der Waals surface area contributed by atoms with Gasteiger partial charge in [-0.1, -0.05) is 13.8 Å². The molecule has 1 unspecified atom stereocenters. The maximum atomic E-state index is 5.92. The van der Waals surface area contributed by atoms with Crippen LogP contribution in [0.2, 0.25) is 0 Å². The Morgan fingerprint density at radius 3 is 2.78 bits per heavy atom. The van der Waals surface area contributed by atoms with Gasteiger partial charge in [-0.15, -0.1) is 0 Å². The summed E-state index contributed by atoms with van der Waals surface area (Å²) in [7, 11) is 0. The first kappa shape index (κ1) is 14.3. The second-order valence-electron chi connectivity index (χ2n) is 6.26. The van der Waals surface area contributed by atoms with Crippen LogP contribution in [0.25, 0.3) is 0 Å². The summed E-state index contributed by atoms with van der Waals surface area (Å²) in [6.45, 7) is 15.7. The molecule has 2 atom stereocenters. The van der Waals surface area contributed by atoms with Crippen molar-refractivity contribution >= 4 is 0 Å². The van der Waals surface area contributed by atoms with Gasteiger partial charge in [0.25, 0.3) is 0 Å². The molecule has 2 heterocycles. The van der Waals surface area contributed by atoms with Crippen LogP contribution >= 0.6 is 0 Å². The van der Waals surface area contributed by atoms with Crippen LogP contribution in [0.3, 0.4) is 0 Å². The van der Waals surface area contributed by atoms with Crippen LogP contribution in [0.5, 0.6) is 0 Å². The molecule has 0 aromatic heterocycles. The molecule has 4 nitrogen and oxygen atoms in total. The highest BCUT2D eigenvalue weighted by Gasteiger charge is 2.24. The summed E-state index contributed by atoms with van der Waals surface area (Å²) in [4.78, 5) is 5.11. The topological polar surface area (TPSA) is 27.7 Å². The summed E-state index contributed by atoms with van der Waals surface area (Å²) < 4.78 is 5.92. The maximum absolute atomic E-state index is 5.92. The first-order valence-electron chi connectivity index (χ1n) is 7.43. The fourth-order valence-corrected chi connectivity index (χ4v) is 3.04. The predicted octanol–water partition coefficient (Wildman–Crippen LogP) is 0.637. The molecule has 1 N–H and O–H groups in total. The van der Waals surface area contributed by atoms with E-state index in [-0.39, 0.29) is 0 Å². The molecule has 0 spiro atoms. The van der Waals surface area contributed by atoms with Crippen LogP contribution in [0.1, 0.15) is 20.8 Å². The summed E-state index contributed by atoms with van der Waals surface area (Å²) in [6, 6.07) is 0.620. The Hall–Kier alpha value is -0.160. The standard InChI is InChI=1S/C14H29N3O/c1-12(2)8-17-6-7-18-14(11-17)10-16-5-4-15-13(3)9-16/h12-15H,4-11H2,1-3H3/t13-,14?/m1/s1. The van der Waals surface area contributed by atoms with Gasteiger partial charge in [-0.2, -0.15) is 0 Å². The number of piperazine rings is 1. The third-order valence-electron chi connectivity index (χ3n) is 3.76. The van der Waals surface area contributed by atoms with Gasteiger partial charge < -0.3 is 10.1 Å². The van der Waals surface area contributed by atoms with Crippen LogP contribution < -0.4 is 5.32 Å². The molecule has 0 aliphatic carbocycles. The average Bonchev–Trinajstić information content (AvgIpc) is 2.28. The van der Waals surface area contributed by atoms with Gasteiger partial charge in [-0.3, -0.25) is 9.80 Å². The van der Waals surface area contributed by atoms with Crippen LogP contribution in [0.4, 0.5) is 0 Å². The highest BCUT2D eigenvalue weighted by Crippen LogP contribution is 2.10. The number of ether oxygens (including phenoxy) is 1. The van der Waals surface area contributed by atoms with Crippen LogP contribution in [0, 0.1) is 5.92 Å². The Kier molecular flexibility index (Phi) is 5.42. The SMILES string of the molecule is CC(C)CN1CCOC(CN2CCN[C@H](C)C2)C1. The normalized spacial score (nSPS) is 32.0. The van der Waals surface area contributed by atoms with Crippen molar-refractivity contribution in [1.29, 1.82) is 0 Å². The van der Waals surface area contributed by atoms with Gasteiger partial charge in [-0.05, 0) is 12.8 Å². The van der Waals surface area contributed by atoms with E-state index in [0.29, 0.717) is 12.1 Å². The van der Waals surface area contributed by atoms with Crippen molar-refractivity contribution in [3.05, 3.63) is 0 Å². The van der Waals surface area contributed by atoms with Crippen LogP contribution in [0.15, 0.2) is 0 Å². The zero-order valence-electron chi connectivity index (χ0n) is 12.2. The molecule has 2 rings (SSSR count). The molecule has 2 aliphatic heterocycles. The van der Waals surface area contributed by atoms with E-state index in [4.69, 9.17) is 4.74 Å². The molecule has 0 saturated carbocycles. The van der Waals surface area contributed by atoms with Crippen molar-refractivity contribution in [2.45, 2.75) is 32.9 Å². The minimum absolute atomic E-state index is 0.405. The second kappa shape index (κ2) is 6.85. The minimum atomic E-state index is 0.405. The summed E-state index contributed by atoms with van der Waals surface area (Å²) >= 11 is 0. The molecular formula is C14H29N3O. The van der Waals surface area contributed by atoms with E-state index in [1.165, 1.54) is 6.54 Å². The Morgan fingerprint density at radius 2 is 2.06 bits per heavy atom. The molecule has 2 aliphatic rings. The van der Waals surface area contributed by atoms with E-state index in [1.54, 1.807) is 0 Å². The molecule has 0 bridgehead atoms. The van der Waals surface area contributed by atoms with Crippen molar-refractivity contribution in [2.24, 2.45) is 5.92 Å². The van der Waals surface area contributed by atoms with Crippen LogP contribution in [-0.2, 0) is 4.74 Å². The van der Waals surface area contributed by atoms with Gasteiger partial charge in [0, 0.05) is 51.9 Å². The monoisotopic (exact) mass is 255 g/mol. The lowest BCUT2D eigenvalue weighted by Gasteiger charge is -2.38. The zero-order chi connectivity index (χ0) is 13.0. The van der Waals surface area contributed by atoms with Gasteiger partial charge in [0.2, 0.25) is 0 Å². The molecule has 0 amide bonds. The Labute approximate surface area is 112 Å². The Morgan fingerprint density at radius 1 is 1.22 bits per heavy atom. The summed E-state index contributed by atoms with van der Waals surface area (Å²) in [5.74, 6) is 0.753. The number of morpholine rings is 1. The molecule has 106 valence electrons. The highest BCUT2D eigenvalue weighted by atomic mass is 16.5. The third kappa shape index (κ3) is 4.50. The first-order valence-corrected chi connectivity index (χ1v) is 7.43. The number of nitrogens with one attached hydrogen (secondary N) is 1. The van der Waals surface area contributed by atoms with E-state index in [9.17, 15) is 0 Å². The van der Waals surface area contributed by atoms with E-state index < -0.39 is 0 Å². The van der Waals surface area contributed by atoms with Gasteiger partial charge in [0.15, 0.2) is 0 Å². The molecule has 0 radical (unpaired) electrons. The van der Waals surface area contributed by atoms with Gasteiger partial charge >= 0.3 is 0 Å². The van der Waals surface area contributed by atoms with Crippen molar-refractivity contribution in [2.75, 3.05) is 52.4 Å². The van der Waals surface area contributed by atoms with Crippen molar-refractivity contribution in [3.63, 3.8) is 0 Å². The fraction of sp³-hybridized carbons (Fsp3) is 1.00. The number of hydrogen-bond donors (Lipinski definition) is 1. The minimum Gasteiger partial charge on any atom is -0.374 e. The quantitative estimate of drug-likeness (QED) is 0.798. The summed E-state index contributed by atoms with van der Waals surface area (Å²) in [5.41, 5.74) is 0. The third-order valence-corrected chi connectivity index (χ3v) is 3.76. The second-order valence-corrected chi connectivity index (χ2v) is 6.26. The van der Waals surface area contributed by atoms with Gasteiger partial charge in [0.05, 0.1) is 12.7 Å². The largest absolute Gasteiger partial charge is 0.374 e. The van der Waals surface area contributed by atoms with E-state index in [1.807, 2.05) is 0 Å². The molecule has 2 saturated heterocycles. The number of rotatable bonds is 4. The van der Waals surface area contributed by atoms with E-state index in [2.05, 4.69) is 35.9 Å².